The molecular weight excluding hydrogens is 316 g/mol. The van der Waals surface area contributed by atoms with Crippen LogP contribution in [0, 0.1) is 5.92 Å². The van der Waals surface area contributed by atoms with Gasteiger partial charge in [-0.3, -0.25) is 4.79 Å². The summed E-state index contributed by atoms with van der Waals surface area (Å²) in [6, 6.07) is 10.1. The standard InChI is InChI=1S/C19H26N4O2/c1-14(2)13-25-17-12-23(16-8-4-3-5-9-16)22-18(17)19(24)21-11-15-7-6-10-20-15/h3-5,8-9,12,14-15,20H,6-7,10-11,13H2,1-2H3,(H,21,24). The molecule has 1 aromatic heterocycles. The molecule has 0 bridgehead atoms. The molecule has 1 amide bonds. The molecule has 0 radical (unpaired) electrons. The molecule has 0 saturated carbocycles. The van der Waals surface area contributed by atoms with E-state index in [-0.39, 0.29) is 5.91 Å². The number of ether oxygens (including phenoxy) is 1. The molecule has 1 aliphatic heterocycles. The summed E-state index contributed by atoms with van der Waals surface area (Å²) in [6.07, 6.45) is 4.03. The summed E-state index contributed by atoms with van der Waals surface area (Å²) in [6.45, 7) is 6.33. The molecule has 1 atom stereocenters. The third kappa shape index (κ3) is 4.60. The first-order chi connectivity index (χ1) is 12.1. The summed E-state index contributed by atoms with van der Waals surface area (Å²) in [4.78, 5) is 12.6. The molecule has 0 aliphatic carbocycles. The van der Waals surface area contributed by atoms with Crippen LogP contribution in [0.3, 0.4) is 0 Å². The van der Waals surface area contributed by atoms with Gasteiger partial charge < -0.3 is 15.4 Å². The molecule has 134 valence electrons. The average Bonchev–Trinajstić information content (AvgIpc) is 3.28. The Morgan fingerprint density at radius 2 is 2.20 bits per heavy atom. The zero-order valence-electron chi connectivity index (χ0n) is 14.9. The van der Waals surface area contributed by atoms with Gasteiger partial charge in [0.05, 0.1) is 18.5 Å². The number of para-hydroxylation sites is 1. The van der Waals surface area contributed by atoms with Crippen molar-refractivity contribution in [3.05, 3.63) is 42.2 Å². The topological polar surface area (TPSA) is 68.2 Å². The minimum absolute atomic E-state index is 0.192. The molecule has 1 aromatic carbocycles. The number of nitrogens with one attached hydrogen (secondary N) is 2. The lowest BCUT2D eigenvalue weighted by molar-refractivity contribution is 0.0940. The Bertz CT molecular complexity index is 691. The second-order valence-electron chi connectivity index (χ2n) is 6.83. The Morgan fingerprint density at radius 1 is 1.40 bits per heavy atom. The summed E-state index contributed by atoms with van der Waals surface area (Å²) < 4.78 is 7.53. The van der Waals surface area contributed by atoms with Crippen molar-refractivity contribution >= 4 is 5.91 Å². The van der Waals surface area contributed by atoms with Crippen molar-refractivity contribution in [3.8, 4) is 11.4 Å². The van der Waals surface area contributed by atoms with Gasteiger partial charge in [-0.15, -0.1) is 0 Å². The van der Waals surface area contributed by atoms with Crippen LogP contribution in [0.4, 0.5) is 0 Å². The molecule has 6 nitrogen and oxygen atoms in total. The van der Waals surface area contributed by atoms with E-state index in [1.165, 1.54) is 0 Å². The van der Waals surface area contributed by atoms with E-state index in [4.69, 9.17) is 4.74 Å². The van der Waals surface area contributed by atoms with Crippen molar-refractivity contribution in [1.29, 1.82) is 0 Å². The Morgan fingerprint density at radius 3 is 2.88 bits per heavy atom. The highest BCUT2D eigenvalue weighted by Gasteiger charge is 2.21. The molecule has 1 saturated heterocycles. The summed E-state index contributed by atoms with van der Waals surface area (Å²) in [7, 11) is 0. The third-order valence-corrected chi connectivity index (χ3v) is 4.16. The smallest absolute Gasteiger partial charge is 0.275 e. The summed E-state index contributed by atoms with van der Waals surface area (Å²) in [5.74, 6) is 0.704. The lowest BCUT2D eigenvalue weighted by Crippen LogP contribution is -2.37. The first-order valence-electron chi connectivity index (χ1n) is 8.93. The zero-order valence-corrected chi connectivity index (χ0v) is 14.9. The van der Waals surface area contributed by atoms with Gasteiger partial charge in [-0.25, -0.2) is 4.68 Å². The first-order valence-corrected chi connectivity index (χ1v) is 8.93. The van der Waals surface area contributed by atoms with E-state index in [1.807, 2.05) is 30.3 Å². The van der Waals surface area contributed by atoms with E-state index < -0.39 is 0 Å². The maximum Gasteiger partial charge on any atom is 0.275 e. The number of hydrogen-bond acceptors (Lipinski definition) is 4. The van der Waals surface area contributed by atoms with E-state index in [2.05, 4.69) is 29.6 Å². The minimum Gasteiger partial charge on any atom is -0.489 e. The van der Waals surface area contributed by atoms with Gasteiger partial charge in [0.2, 0.25) is 0 Å². The van der Waals surface area contributed by atoms with E-state index >= 15 is 0 Å². The Balaban J connectivity index is 1.76. The van der Waals surface area contributed by atoms with Crippen LogP contribution < -0.4 is 15.4 Å². The summed E-state index contributed by atoms with van der Waals surface area (Å²) >= 11 is 0. The lowest BCUT2D eigenvalue weighted by Gasteiger charge is -2.11. The molecule has 2 aromatic rings. The number of amides is 1. The van der Waals surface area contributed by atoms with Crippen molar-refractivity contribution in [3.63, 3.8) is 0 Å². The largest absolute Gasteiger partial charge is 0.489 e. The number of benzene rings is 1. The van der Waals surface area contributed by atoms with Crippen LogP contribution in [0.25, 0.3) is 5.69 Å². The predicted molar refractivity (Wildman–Crippen MR) is 97.3 cm³/mol. The highest BCUT2D eigenvalue weighted by molar-refractivity contribution is 5.95. The van der Waals surface area contributed by atoms with E-state index in [0.29, 0.717) is 36.6 Å². The molecule has 0 spiro atoms. The molecule has 25 heavy (non-hydrogen) atoms. The van der Waals surface area contributed by atoms with Crippen molar-refractivity contribution < 1.29 is 9.53 Å². The van der Waals surface area contributed by atoms with E-state index in [9.17, 15) is 4.79 Å². The predicted octanol–water partition coefficient (Wildman–Crippen LogP) is 2.39. The van der Waals surface area contributed by atoms with Crippen LogP contribution in [0.2, 0.25) is 0 Å². The number of carbonyl (C=O) groups is 1. The quantitative estimate of drug-likeness (QED) is 0.811. The number of rotatable bonds is 7. The molecule has 2 heterocycles. The van der Waals surface area contributed by atoms with E-state index in [0.717, 1.165) is 25.1 Å². The average molecular weight is 342 g/mol. The normalized spacial score (nSPS) is 17.0. The molecular formula is C19H26N4O2. The van der Waals surface area contributed by atoms with Gasteiger partial charge in [-0.1, -0.05) is 32.0 Å². The highest BCUT2D eigenvalue weighted by Crippen LogP contribution is 2.21. The van der Waals surface area contributed by atoms with Crippen molar-refractivity contribution in [2.45, 2.75) is 32.7 Å². The monoisotopic (exact) mass is 342 g/mol. The van der Waals surface area contributed by atoms with Gasteiger partial charge >= 0.3 is 0 Å². The second-order valence-corrected chi connectivity index (χ2v) is 6.83. The van der Waals surface area contributed by atoms with Gasteiger partial charge in [0.25, 0.3) is 5.91 Å². The Labute approximate surface area is 148 Å². The molecule has 2 N–H and O–H groups in total. The first kappa shape index (κ1) is 17.5. The third-order valence-electron chi connectivity index (χ3n) is 4.16. The summed E-state index contributed by atoms with van der Waals surface area (Å²) in [5.41, 5.74) is 1.23. The molecule has 1 unspecified atom stereocenters. The van der Waals surface area contributed by atoms with Crippen LogP contribution >= 0.6 is 0 Å². The molecule has 6 heteroatoms. The van der Waals surface area contributed by atoms with Crippen molar-refractivity contribution in [2.75, 3.05) is 19.7 Å². The maximum absolute atomic E-state index is 12.6. The van der Waals surface area contributed by atoms with Crippen LogP contribution in [-0.4, -0.2) is 41.4 Å². The van der Waals surface area contributed by atoms with Gasteiger partial charge in [0, 0.05) is 12.6 Å². The fraction of sp³-hybridized carbons (Fsp3) is 0.474. The highest BCUT2D eigenvalue weighted by atomic mass is 16.5. The van der Waals surface area contributed by atoms with Crippen LogP contribution in [0.15, 0.2) is 36.5 Å². The molecule has 1 fully saturated rings. The fourth-order valence-electron chi connectivity index (χ4n) is 2.82. The van der Waals surface area contributed by atoms with Crippen LogP contribution in [-0.2, 0) is 0 Å². The number of aromatic nitrogens is 2. The second kappa shape index (κ2) is 8.16. The van der Waals surface area contributed by atoms with Gasteiger partial charge in [-0.2, -0.15) is 5.10 Å². The Kier molecular flexibility index (Phi) is 5.71. The Hall–Kier alpha value is -2.34. The number of carbonyl (C=O) groups excluding carboxylic acids is 1. The zero-order chi connectivity index (χ0) is 17.6. The van der Waals surface area contributed by atoms with Gasteiger partial charge in [-0.05, 0) is 37.4 Å². The lowest BCUT2D eigenvalue weighted by atomic mass is 10.2. The van der Waals surface area contributed by atoms with Crippen LogP contribution in [0.1, 0.15) is 37.2 Å². The maximum atomic E-state index is 12.6. The number of nitrogens with zero attached hydrogens (tertiary/aromatic N) is 2. The van der Waals surface area contributed by atoms with Crippen molar-refractivity contribution in [1.82, 2.24) is 20.4 Å². The SMILES string of the molecule is CC(C)COc1cn(-c2ccccc2)nc1C(=O)NCC1CCCN1. The molecule has 3 rings (SSSR count). The van der Waals surface area contributed by atoms with Gasteiger partial charge in [0.15, 0.2) is 11.4 Å². The number of hydrogen-bond donors (Lipinski definition) is 2. The van der Waals surface area contributed by atoms with E-state index in [1.54, 1.807) is 10.9 Å². The fourth-order valence-corrected chi connectivity index (χ4v) is 2.82. The minimum atomic E-state index is -0.192. The van der Waals surface area contributed by atoms with Gasteiger partial charge in [0.1, 0.15) is 0 Å². The summed E-state index contributed by atoms with van der Waals surface area (Å²) in [5, 5.41) is 10.8. The van der Waals surface area contributed by atoms with Crippen LogP contribution in [0.5, 0.6) is 5.75 Å². The van der Waals surface area contributed by atoms with Crippen molar-refractivity contribution in [2.24, 2.45) is 5.92 Å². The molecule has 1 aliphatic rings.